The smallest absolute Gasteiger partial charge is 0.0304 e. The Kier molecular flexibility index (Phi) is 3.83. The standard InChI is InChI=1S/C13H28N2/c1-7-13(8-2)10-15(6)11(9-14-13)12(3,4)5/h11,14H,7-10H2,1-6H3. The molecule has 1 N–H and O–H groups in total. The highest BCUT2D eigenvalue weighted by Gasteiger charge is 2.39. The lowest BCUT2D eigenvalue weighted by Gasteiger charge is -2.50. The van der Waals surface area contributed by atoms with Gasteiger partial charge in [-0.25, -0.2) is 0 Å². The first-order valence-electron chi connectivity index (χ1n) is 6.30. The maximum atomic E-state index is 3.78. The van der Waals surface area contributed by atoms with Gasteiger partial charge in [-0.3, -0.25) is 4.90 Å². The van der Waals surface area contributed by atoms with E-state index in [0.717, 1.165) is 6.54 Å². The van der Waals surface area contributed by atoms with Crippen LogP contribution in [0.1, 0.15) is 47.5 Å². The molecule has 1 rings (SSSR count). The molecule has 1 saturated heterocycles. The molecule has 1 fully saturated rings. The highest BCUT2D eigenvalue weighted by atomic mass is 15.2. The van der Waals surface area contributed by atoms with E-state index in [2.05, 4.69) is 51.9 Å². The average Bonchev–Trinajstić information content (AvgIpc) is 2.15. The van der Waals surface area contributed by atoms with Crippen LogP contribution in [0.4, 0.5) is 0 Å². The number of likely N-dealkylation sites (N-methyl/N-ethyl adjacent to an activating group) is 1. The molecule has 0 spiro atoms. The van der Waals surface area contributed by atoms with Crippen molar-refractivity contribution >= 4 is 0 Å². The van der Waals surface area contributed by atoms with Crippen LogP contribution >= 0.6 is 0 Å². The number of rotatable bonds is 2. The Labute approximate surface area is 95.4 Å². The number of nitrogens with one attached hydrogen (secondary N) is 1. The van der Waals surface area contributed by atoms with Crippen LogP contribution in [-0.4, -0.2) is 36.6 Å². The van der Waals surface area contributed by atoms with Crippen LogP contribution in [0.3, 0.4) is 0 Å². The quantitative estimate of drug-likeness (QED) is 0.756. The zero-order chi connectivity index (χ0) is 11.7. The van der Waals surface area contributed by atoms with Crippen molar-refractivity contribution in [1.29, 1.82) is 0 Å². The molecule has 1 aliphatic heterocycles. The third-order valence-electron chi connectivity index (χ3n) is 4.11. The number of hydrogen-bond donors (Lipinski definition) is 1. The Balaban J connectivity index is 2.70. The van der Waals surface area contributed by atoms with Crippen molar-refractivity contribution in [2.75, 3.05) is 20.1 Å². The van der Waals surface area contributed by atoms with Crippen molar-refractivity contribution in [2.45, 2.75) is 59.0 Å². The Morgan fingerprint density at radius 2 is 1.80 bits per heavy atom. The minimum Gasteiger partial charge on any atom is -0.308 e. The zero-order valence-electron chi connectivity index (χ0n) is 11.4. The van der Waals surface area contributed by atoms with Gasteiger partial charge in [0.25, 0.3) is 0 Å². The lowest BCUT2D eigenvalue weighted by molar-refractivity contribution is 0.0385. The van der Waals surface area contributed by atoms with Crippen LogP contribution in [0.15, 0.2) is 0 Å². The molecule has 0 aliphatic carbocycles. The van der Waals surface area contributed by atoms with E-state index in [1.54, 1.807) is 0 Å². The largest absolute Gasteiger partial charge is 0.308 e. The molecule has 1 atom stereocenters. The molecule has 0 bridgehead atoms. The van der Waals surface area contributed by atoms with E-state index in [1.165, 1.54) is 19.4 Å². The molecular formula is C13H28N2. The van der Waals surface area contributed by atoms with E-state index < -0.39 is 0 Å². The monoisotopic (exact) mass is 212 g/mol. The summed E-state index contributed by atoms with van der Waals surface area (Å²) in [5.41, 5.74) is 0.728. The molecule has 0 aromatic rings. The molecule has 0 aromatic heterocycles. The molecular weight excluding hydrogens is 184 g/mol. The van der Waals surface area contributed by atoms with E-state index in [9.17, 15) is 0 Å². The maximum absolute atomic E-state index is 3.78. The molecule has 2 nitrogen and oxygen atoms in total. The van der Waals surface area contributed by atoms with Crippen molar-refractivity contribution in [1.82, 2.24) is 10.2 Å². The third kappa shape index (κ3) is 2.73. The van der Waals surface area contributed by atoms with Gasteiger partial charge < -0.3 is 5.32 Å². The molecule has 90 valence electrons. The molecule has 1 aliphatic rings. The van der Waals surface area contributed by atoms with Crippen LogP contribution < -0.4 is 5.32 Å². The molecule has 2 heteroatoms. The molecule has 1 heterocycles. The Bertz CT molecular complexity index is 201. The van der Waals surface area contributed by atoms with Crippen LogP contribution in [0, 0.1) is 5.41 Å². The van der Waals surface area contributed by atoms with Crippen molar-refractivity contribution in [3.63, 3.8) is 0 Å². The van der Waals surface area contributed by atoms with Gasteiger partial charge in [-0.2, -0.15) is 0 Å². The van der Waals surface area contributed by atoms with Crippen molar-refractivity contribution in [2.24, 2.45) is 5.41 Å². The highest BCUT2D eigenvalue weighted by Crippen LogP contribution is 2.29. The van der Waals surface area contributed by atoms with E-state index in [0.29, 0.717) is 17.0 Å². The molecule has 0 saturated carbocycles. The number of nitrogens with zero attached hydrogens (tertiary/aromatic N) is 1. The third-order valence-corrected chi connectivity index (χ3v) is 4.11. The van der Waals surface area contributed by atoms with Gasteiger partial charge in [0.15, 0.2) is 0 Å². The van der Waals surface area contributed by atoms with Gasteiger partial charge in [-0.05, 0) is 25.3 Å². The highest BCUT2D eigenvalue weighted by molar-refractivity contribution is 4.98. The second-order valence-corrected chi connectivity index (χ2v) is 6.17. The number of piperazine rings is 1. The molecule has 15 heavy (non-hydrogen) atoms. The normalized spacial score (nSPS) is 28.0. The lowest BCUT2D eigenvalue weighted by Crippen LogP contribution is -2.65. The van der Waals surface area contributed by atoms with Crippen LogP contribution in [0.2, 0.25) is 0 Å². The molecule has 0 radical (unpaired) electrons. The summed E-state index contributed by atoms with van der Waals surface area (Å²) in [6, 6.07) is 0.656. The van der Waals surface area contributed by atoms with Gasteiger partial charge >= 0.3 is 0 Å². The fourth-order valence-corrected chi connectivity index (χ4v) is 2.80. The predicted molar refractivity (Wildman–Crippen MR) is 67.2 cm³/mol. The fourth-order valence-electron chi connectivity index (χ4n) is 2.80. The van der Waals surface area contributed by atoms with Crippen molar-refractivity contribution in [3.8, 4) is 0 Å². The second kappa shape index (κ2) is 4.42. The van der Waals surface area contributed by atoms with E-state index in [4.69, 9.17) is 0 Å². The summed E-state index contributed by atoms with van der Waals surface area (Å²) in [5.74, 6) is 0. The van der Waals surface area contributed by atoms with Gasteiger partial charge in [0.05, 0.1) is 0 Å². The first-order chi connectivity index (χ1) is 6.84. The summed E-state index contributed by atoms with van der Waals surface area (Å²) in [4.78, 5) is 2.55. The van der Waals surface area contributed by atoms with Gasteiger partial charge in [0, 0.05) is 24.7 Å². The minimum atomic E-state index is 0.358. The summed E-state index contributed by atoms with van der Waals surface area (Å²) in [5, 5.41) is 3.78. The zero-order valence-corrected chi connectivity index (χ0v) is 11.4. The average molecular weight is 212 g/mol. The maximum Gasteiger partial charge on any atom is 0.0304 e. The van der Waals surface area contributed by atoms with E-state index in [-0.39, 0.29) is 0 Å². The summed E-state index contributed by atoms with van der Waals surface area (Å²) in [7, 11) is 2.27. The van der Waals surface area contributed by atoms with Gasteiger partial charge in [-0.1, -0.05) is 34.6 Å². The fraction of sp³-hybridized carbons (Fsp3) is 1.00. The summed E-state index contributed by atoms with van der Waals surface area (Å²) >= 11 is 0. The van der Waals surface area contributed by atoms with Crippen molar-refractivity contribution < 1.29 is 0 Å². The second-order valence-electron chi connectivity index (χ2n) is 6.17. The summed E-state index contributed by atoms with van der Waals surface area (Å²) < 4.78 is 0. The molecule has 0 amide bonds. The van der Waals surface area contributed by atoms with E-state index in [1.807, 2.05) is 0 Å². The van der Waals surface area contributed by atoms with Crippen LogP contribution in [-0.2, 0) is 0 Å². The molecule has 0 aromatic carbocycles. The first kappa shape index (κ1) is 13.0. The Morgan fingerprint density at radius 3 is 2.13 bits per heavy atom. The minimum absolute atomic E-state index is 0.358. The van der Waals surface area contributed by atoms with Crippen LogP contribution in [0.25, 0.3) is 0 Å². The van der Waals surface area contributed by atoms with Gasteiger partial charge in [0.1, 0.15) is 0 Å². The molecule has 1 unspecified atom stereocenters. The number of hydrogen-bond acceptors (Lipinski definition) is 2. The lowest BCUT2D eigenvalue weighted by atomic mass is 9.80. The van der Waals surface area contributed by atoms with Gasteiger partial charge in [-0.15, -0.1) is 0 Å². The topological polar surface area (TPSA) is 15.3 Å². The van der Waals surface area contributed by atoms with E-state index >= 15 is 0 Å². The van der Waals surface area contributed by atoms with Crippen molar-refractivity contribution in [3.05, 3.63) is 0 Å². The summed E-state index contributed by atoms with van der Waals surface area (Å²) in [6.07, 6.45) is 2.45. The summed E-state index contributed by atoms with van der Waals surface area (Å²) in [6.45, 7) is 13.9. The SMILES string of the molecule is CCC1(CC)CN(C)C(C(C)(C)C)CN1. The Morgan fingerprint density at radius 1 is 1.27 bits per heavy atom. The van der Waals surface area contributed by atoms with Gasteiger partial charge in [0.2, 0.25) is 0 Å². The Hall–Kier alpha value is -0.0800. The predicted octanol–water partition coefficient (Wildman–Crippen LogP) is 2.49. The first-order valence-corrected chi connectivity index (χ1v) is 6.30. The van der Waals surface area contributed by atoms with Crippen LogP contribution in [0.5, 0.6) is 0 Å².